The predicted octanol–water partition coefficient (Wildman–Crippen LogP) is 4.24. The summed E-state index contributed by atoms with van der Waals surface area (Å²) in [6.45, 7) is 7.64. The fourth-order valence-corrected chi connectivity index (χ4v) is 2.76. The molecule has 0 heterocycles. The normalized spacial score (nSPS) is 19.8. The Balaban J connectivity index is 2.20. The fourth-order valence-electron chi connectivity index (χ4n) is 2.76. The average molecular weight is 261 g/mol. The van der Waals surface area contributed by atoms with Crippen LogP contribution in [0, 0.1) is 0 Å². The highest BCUT2D eigenvalue weighted by Gasteiger charge is 2.22. The maximum absolute atomic E-state index is 6.09. The molecule has 2 unspecified atom stereocenters. The highest BCUT2D eigenvalue weighted by atomic mass is 16.5. The summed E-state index contributed by atoms with van der Waals surface area (Å²) >= 11 is 0. The topological polar surface area (TPSA) is 21.3 Å². The van der Waals surface area contributed by atoms with Crippen LogP contribution in [0.4, 0.5) is 0 Å². The molecule has 0 spiro atoms. The zero-order chi connectivity index (χ0) is 13.7. The van der Waals surface area contributed by atoms with Gasteiger partial charge in [0.25, 0.3) is 0 Å². The van der Waals surface area contributed by atoms with Gasteiger partial charge in [-0.2, -0.15) is 0 Å². The minimum Gasteiger partial charge on any atom is -0.490 e. The molecule has 1 aromatic rings. The minimum absolute atomic E-state index is 0.301. The van der Waals surface area contributed by atoms with Crippen molar-refractivity contribution in [3.63, 3.8) is 0 Å². The van der Waals surface area contributed by atoms with E-state index < -0.39 is 0 Å². The number of hydrogen-bond acceptors (Lipinski definition) is 2. The number of fused-ring (bicyclic) bond motifs is 1. The molecule has 1 N–H and O–H groups in total. The maximum Gasteiger partial charge on any atom is 0.123 e. The summed E-state index contributed by atoms with van der Waals surface area (Å²) < 4.78 is 6.09. The SMILES string of the molecule is CCCNC1CCCc2c(OC(C)CC)cccc21. The van der Waals surface area contributed by atoms with Crippen molar-refractivity contribution in [2.45, 2.75) is 65.0 Å². The van der Waals surface area contributed by atoms with E-state index in [1.165, 1.54) is 30.4 Å². The van der Waals surface area contributed by atoms with Crippen molar-refractivity contribution >= 4 is 0 Å². The van der Waals surface area contributed by atoms with Gasteiger partial charge in [0.05, 0.1) is 6.10 Å². The molecule has 0 fully saturated rings. The van der Waals surface area contributed by atoms with Gasteiger partial charge in [0, 0.05) is 6.04 Å². The van der Waals surface area contributed by atoms with Gasteiger partial charge in [-0.15, -0.1) is 0 Å². The van der Waals surface area contributed by atoms with Crippen LogP contribution in [0.25, 0.3) is 0 Å². The van der Waals surface area contributed by atoms with E-state index in [0.717, 1.165) is 25.1 Å². The Hall–Kier alpha value is -1.02. The summed E-state index contributed by atoms with van der Waals surface area (Å²) in [5.74, 6) is 1.11. The van der Waals surface area contributed by atoms with Crippen LogP contribution in [0.15, 0.2) is 18.2 Å². The van der Waals surface area contributed by atoms with E-state index in [1.807, 2.05) is 0 Å². The van der Waals surface area contributed by atoms with Crippen molar-refractivity contribution < 1.29 is 4.74 Å². The quantitative estimate of drug-likeness (QED) is 0.827. The van der Waals surface area contributed by atoms with Gasteiger partial charge in [-0.3, -0.25) is 0 Å². The van der Waals surface area contributed by atoms with E-state index in [2.05, 4.69) is 44.3 Å². The summed E-state index contributed by atoms with van der Waals surface area (Å²) in [5.41, 5.74) is 2.89. The third-order valence-corrected chi connectivity index (χ3v) is 4.01. The van der Waals surface area contributed by atoms with Crippen LogP contribution in [0.1, 0.15) is 63.6 Å². The summed E-state index contributed by atoms with van der Waals surface area (Å²) in [6.07, 6.45) is 6.22. The molecule has 0 saturated carbocycles. The first-order chi connectivity index (χ1) is 9.26. The molecular formula is C17H27NO. The molecule has 0 amide bonds. The van der Waals surface area contributed by atoms with E-state index in [-0.39, 0.29) is 0 Å². The number of rotatable bonds is 6. The van der Waals surface area contributed by atoms with Crippen LogP contribution in [-0.2, 0) is 6.42 Å². The van der Waals surface area contributed by atoms with Gasteiger partial charge >= 0.3 is 0 Å². The first-order valence-electron chi connectivity index (χ1n) is 7.78. The summed E-state index contributed by atoms with van der Waals surface area (Å²) in [6, 6.07) is 7.06. The second kappa shape index (κ2) is 6.95. The number of nitrogens with one attached hydrogen (secondary N) is 1. The second-order valence-electron chi connectivity index (χ2n) is 5.56. The van der Waals surface area contributed by atoms with E-state index in [4.69, 9.17) is 4.74 Å². The van der Waals surface area contributed by atoms with Gasteiger partial charge in [0.2, 0.25) is 0 Å². The van der Waals surface area contributed by atoms with Crippen molar-refractivity contribution in [1.29, 1.82) is 0 Å². The molecule has 1 aliphatic carbocycles. The number of ether oxygens (including phenoxy) is 1. The molecule has 2 heteroatoms. The van der Waals surface area contributed by atoms with Crippen LogP contribution >= 0.6 is 0 Å². The second-order valence-corrected chi connectivity index (χ2v) is 5.56. The molecule has 0 saturated heterocycles. The Morgan fingerprint density at radius 3 is 2.95 bits per heavy atom. The van der Waals surface area contributed by atoms with Crippen LogP contribution in [0.2, 0.25) is 0 Å². The van der Waals surface area contributed by atoms with E-state index >= 15 is 0 Å². The molecule has 2 atom stereocenters. The zero-order valence-electron chi connectivity index (χ0n) is 12.5. The number of hydrogen-bond donors (Lipinski definition) is 1. The lowest BCUT2D eigenvalue weighted by Crippen LogP contribution is -2.26. The predicted molar refractivity (Wildman–Crippen MR) is 80.8 cm³/mol. The molecule has 0 aliphatic heterocycles. The van der Waals surface area contributed by atoms with Gasteiger partial charge < -0.3 is 10.1 Å². The summed E-state index contributed by atoms with van der Waals surface area (Å²) in [7, 11) is 0. The van der Waals surface area contributed by atoms with Crippen LogP contribution in [0.3, 0.4) is 0 Å². The van der Waals surface area contributed by atoms with Crippen LogP contribution < -0.4 is 10.1 Å². The van der Waals surface area contributed by atoms with E-state index in [1.54, 1.807) is 0 Å². The monoisotopic (exact) mass is 261 g/mol. The Kier molecular flexibility index (Phi) is 5.26. The molecule has 2 nitrogen and oxygen atoms in total. The molecule has 0 bridgehead atoms. The Labute approximate surface area is 117 Å². The molecule has 1 aromatic carbocycles. The third-order valence-electron chi connectivity index (χ3n) is 4.01. The standard InChI is InChI=1S/C17H27NO/c1-4-12-18-16-10-6-9-15-14(16)8-7-11-17(15)19-13(3)5-2/h7-8,11,13,16,18H,4-6,9-10,12H2,1-3H3. The smallest absolute Gasteiger partial charge is 0.123 e. The van der Waals surface area contributed by atoms with E-state index in [0.29, 0.717) is 12.1 Å². The minimum atomic E-state index is 0.301. The molecule has 2 rings (SSSR count). The molecular weight excluding hydrogens is 234 g/mol. The summed E-state index contributed by atoms with van der Waals surface area (Å²) in [5, 5.41) is 3.67. The van der Waals surface area contributed by atoms with Gasteiger partial charge in [0.15, 0.2) is 0 Å². The first-order valence-corrected chi connectivity index (χ1v) is 7.78. The Morgan fingerprint density at radius 2 is 2.21 bits per heavy atom. The number of benzene rings is 1. The van der Waals surface area contributed by atoms with Crippen molar-refractivity contribution in [2.75, 3.05) is 6.54 Å². The Bertz CT molecular complexity index is 402. The fraction of sp³-hybridized carbons (Fsp3) is 0.647. The maximum atomic E-state index is 6.09. The van der Waals surface area contributed by atoms with Crippen molar-refractivity contribution in [2.24, 2.45) is 0 Å². The lowest BCUT2D eigenvalue weighted by molar-refractivity contribution is 0.214. The van der Waals surface area contributed by atoms with Gasteiger partial charge in [0.1, 0.15) is 5.75 Å². The third kappa shape index (κ3) is 3.50. The van der Waals surface area contributed by atoms with Crippen LogP contribution in [0.5, 0.6) is 5.75 Å². The highest BCUT2D eigenvalue weighted by Crippen LogP contribution is 2.35. The van der Waals surface area contributed by atoms with Crippen molar-refractivity contribution in [1.82, 2.24) is 5.32 Å². The molecule has 0 radical (unpaired) electrons. The van der Waals surface area contributed by atoms with Crippen molar-refractivity contribution in [3.05, 3.63) is 29.3 Å². The Morgan fingerprint density at radius 1 is 1.37 bits per heavy atom. The lowest BCUT2D eigenvalue weighted by atomic mass is 9.87. The summed E-state index contributed by atoms with van der Waals surface area (Å²) in [4.78, 5) is 0. The largest absolute Gasteiger partial charge is 0.490 e. The average Bonchev–Trinajstić information content (AvgIpc) is 2.45. The van der Waals surface area contributed by atoms with Gasteiger partial charge in [-0.05, 0) is 62.8 Å². The van der Waals surface area contributed by atoms with Crippen molar-refractivity contribution in [3.8, 4) is 5.75 Å². The lowest BCUT2D eigenvalue weighted by Gasteiger charge is -2.28. The highest BCUT2D eigenvalue weighted by molar-refractivity contribution is 5.43. The molecule has 19 heavy (non-hydrogen) atoms. The van der Waals surface area contributed by atoms with E-state index in [9.17, 15) is 0 Å². The first kappa shape index (κ1) is 14.4. The van der Waals surface area contributed by atoms with Crippen LogP contribution in [-0.4, -0.2) is 12.6 Å². The molecule has 106 valence electrons. The zero-order valence-corrected chi connectivity index (χ0v) is 12.5. The van der Waals surface area contributed by atoms with Gasteiger partial charge in [-0.25, -0.2) is 0 Å². The molecule has 1 aliphatic rings. The molecule has 0 aromatic heterocycles. The van der Waals surface area contributed by atoms with Gasteiger partial charge in [-0.1, -0.05) is 26.0 Å².